The molecule has 128 valence electrons. The normalized spacial score (nSPS) is 16.4. The van der Waals surface area contributed by atoms with Gasteiger partial charge in [-0.15, -0.1) is 0 Å². The number of benzene rings is 1. The highest BCUT2D eigenvalue weighted by atomic mass is 16.5. The summed E-state index contributed by atoms with van der Waals surface area (Å²) < 4.78 is 7.77. The Labute approximate surface area is 146 Å². The summed E-state index contributed by atoms with van der Waals surface area (Å²) in [7, 11) is 0. The van der Waals surface area contributed by atoms with Crippen molar-refractivity contribution in [3.63, 3.8) is 0 Å². The maximum Gasteiger partial charge on any atom is 0.138 e. The van der Waals surface area contributed by atoms with Gasteiger partial charge in [-0.05, 0) is 36.2 Å². The third-order valence-corrected chi connectivity index (χ3v) is 4.44. The molecule has 2 aromatic heterocycles. The van der Waals surface area contributed by atoms with Gasteiger partial charge >= 0.3 is 0 Å². The van der Waals surface area contributed by atoms with Gasteiger partial charge < -0.3 is 10.1 Å². The molecule has 0 saturated heterocycles. The number of aromatic nitrogens is 4. The molecule has 1 aliphatic heterocycles. The van der Waals surface area contributed by atoms with Crippen molar-refractivity contribution < 1.29 is 4.74 Å². The first-order valence-electron chi connectivity index (χ1n) is 8.58. The Morgan fingerprint density at radius 3 is 2.88 bits per heavy atom. The van der Waals surface area contributed by atoms with E-state index < -0.39 is 0 Å². The molecule has 0 amide bonds. The van der Waals surface area contributed by atoms with Crippen molar-refractivity contribution in [1.29, 1.82) is 0 Å². The largest absolute Gasteiger partial charge is 0.487 e. The summed E-state index contributed by atoms with van der Waals surface area (Å²) in [5, 5.41) is 7.87. The molecule has 3 aromatic rings. The highest BCUT2D eigenvalue weighted by Crippen LogP contribution is 2.15. The fraction of sp³-hybridized carbons (Fsp3) is 0.316. The highest BCUT2D eigenvalue weighted by Gasteiger charge is 2.18. The molecule has 0 bridgehead atoms. The van der Waals surface area contributed by atoms with Crippen LogP contribution in [0.25, 0.3) is 0 Å². The second-order valence-electron chi connectivity index (χ2n) is 6.23. The number of hydrogen-bond donors (Lipinski definition) is 1. The molecule has 6 heteroatoms. The van der Waals surface area contributed by atoms with Crippen LogP contribution in [0.2, 0.25) is 0 Å². The first kappa shape index (κ1) is 15.8. The summed E-state index contributed by atoms with van der Waals surface area (Å²) in [6.45, 7) is 2.22. The van der Waals surface area contributed by atoms with Gasteiger partial charge in [-0.25, -0.2) is 9.67 Å². The fourth-order valence-electron chi connectivity index (χ4n) is 3.01. The summed E-state index contributed by atoms with van der Waals surface area (Å²) in [6.07, 6.45) is 5.50. The molecule has 4 rings (SSSR count). The molecule has 0 saturated carbocycles. The average Bonchev–Trinajstić information content (AvgIpc) is 3.14. The fourth-order valence-corrected chi connectivity index (χ4v) is 3.01. The van der Waals surface area contributed by atoms with Crippen molar-refractivity contribution in [2.45, 2.75) is 38.6 Å². The van der Waals surface area contributed by atoms with Crippen molar-refractivity contribution in [2.24, 2.45) is 0 Å². The molecule has 1 N–H and O–H groups in total. The van der Waals surface area contributed by atoms with Gasteiger partial charge in [0, 0.05) is 25.2 Å². The monoisotopic (exact) mass is 335 g/mol. The van der Waals surface area contributed by atoms with E-state index in [4.69, 9.17) is 4.74 Å². The second-order valence-corrected chi connectivity index (χ2v) is 6.23. The topological polar surface area (TPSA) is 64.9 Å². The molecule has 6 nitrogen and oxygen atoms in total. The number of nitrogens with zero attached hydrogens (tertiary/aromatic N) is 4. The molecule has 3 heterocycles. The summed E-state index contributed by atoms with van der Waals surface area (Å²) >= 11 is 0. The van der Waals surface area contributed by atoms with E-state index >= 15 is 0 Å². The van der Waals surface area contributed by atoms with Crippen LogP contribution in [-0.2, 0) is 26.1 Å². The van der Waals surface area contributed by atoms with Crippen molar-refractivity contribution in [1.82, 2.24) is 25.1 Å². The van der Waals surface area contributed by atoms with E-state index in [9.17, 15) is 0 Å². The lowest BCUT2D eigenvalue weighted by Gasteiger charge is -2.23. The molecule has 0 spiro atoms. The van der Waals surface area contributed by atoms with Crippen molar-refractivity contribution in [3.8, 4) is 5.75 Å². The predicted molar refractivity (Wildman–Crippen MR) is 94.0 cm³/mol. The minimum atomic E-state index is 0.439. The number of pyridine rings is 1. The molecule has 1 aromatic carbocycles. The Balaban J connectivity index is 1.26. The molecule has 1 atom stereocenters. The minimum absolute atomic E-state index is 0.439. The first-order valence-corrected chi connectivity index (χ1v) is 8.58. The van der Waals surface area contributed by atoms with Crippen LogP contribution in [0.1, 0.15) is 23.5 Å². The van der Waals surface area contributed by atoms with E-state index in [0.717, 1.165) is 43.2 Å². The number of nitrogens with one attached hydrogen (secondary N) is 1. The third-order valence-electron chi connectivity index (χ3n) is 4.44. The highest BCUT2D eigenvalue weighted by molar-refractivity contribution is 5.27. The predicted octanol–water partition coefficient (Wildman–Crippen LogP) is 2.36. The van der Waals surface area contributed by atoms with Gasteiger partial charge in [-0.1, -0.05) is 18.2 Å². The lowest BCUT2D eigenvalue weighted by Crippen LogP contribution is -2.37. The van der Waals surface area contributed by atoms with E-state index in [0.29, 0.717) is 12.6 Å². The van der Waals surface area contributed by atoms with Crippen LogP contribution in [0.4, 0.5) is 0 Å². The Morgan fingerprint density at radius 1 is 1.12 bits per heavy atom. The van der Waals surface area contributed by atoms with Gasteiger partial charge in [-0.2, -0.15) is 5.10 Å². The molecule has 0 fully saturated rings. The summed E-state index contributed by atoms with van der Waals surface area (Å²) in [6, 6.07) is 14.5. The van der Waals surface area contributed by atoms with E-state index in [-0.39, 0.29) is 0 Å². The summed E-state index contributed by atoms with van der Waals surface area (Å²) in [5.74, 6) is 1.95. The Bertz CT molecular complexity index is 800. The molecular weight excluding hydrogens is 314 g/mol. The maximum atomic E-state index is 5.77. The number of rotatable bonds is 6. The van der Waals surface area contributed by atoms with Crippen LogP contribution < -0.4 is 10.1 Å². The zero-order valence-corrected chi connectivity index (χ0v) is 14.0. The van der Waals surface area contributed by atoms with Crippen LogP contribution in [0.15, 0.2) is 55.0 Å². The lowest BCUT2D eigenvalue weighted by molar-refractivity contribution is 0.301. The van der Waals surface area contributed by atoms with Gasteiger partial charge in [-0.3, -0.25) is 4.98 Å². The first-order chi connectivity index (χ1) is 12.4. The van der Waals surface area contributed by atoms with E-state index in [1.54, 1.807) is 12.5 Å². The van der Waals surface area contributed by atoms with Crippen LogP contribution in [0.5, 0.6) is 5.75 Å². The standard InChI is InChI=1S/C19H21N5O/c1-2-10-20-17(3-1)13-25-18-7-4-15(5-8-18)11-21-16-6-9-19-22-14-23-24(19)12-16/h1-5,7-8,10,14,16,21H,6,9,11-13H2/t16-/m0/s1. The molecule has 1 aliphatic rings. The number of fused-ring (bicyclic) bond motifs is 1. The molecular formula is C19H21N5O. The SMILES string of the molecule is c1ccc(COc2ccc(CN[C@H]3CCc4ncnn4C3)cc2)nc1. The number of hydrogen-bond acceptors (Lipinski definition) is 5. The molecule has 25 heavy (non-hydrogen) atoms. The summed E-state index contributed by atoms with van der Waals surface area (Å²) in [4.78, 5) is 8.52. The lowest BCUT2D eigenvalue weighted by atomic mass is 10.1. The van der Waals surface area contributed by atoms with E-state index in [1.807, 2.05) is 35.0 Å². The molecule has 0 unspecified atom stereocenters. The number of aryl methyl sites for hydroxylation is 1. The van der Waals surface area contributed by atoms with Crippen molar-refractivity contribution in [3.05, 3.63) is 72.1 Å². The van der Waals surface area contributed by atoms with Crippen molar-refractivity contribution in [2.75, 3.05) is 0 Å². The minimum Gasteiger partial charge on any atom is -0.487 e. The van der Waals surface area contributed by atoms with Crippen LogP contribution >= 0.6 is 0 Å². The molecule has 0 radical (unpaired) electrons. The molecule has 0 aliphatic carbocycles. The van der Waals surface area contributed by atoms with E-state index in [2.05, 4.69) is 32.5 Å². The van der Waals surface area contributed by atoms with Gasteiger partial charge in [0.1, 0.15) is 24.5 Å². The number of ether oxygens (including phenoxy) is 1. The Hall–Kier alpha value is -2.73. The van der Waals surface area contributed by atoms with Gasteiger partial charge in [0.25, 0.3) is 0 Å². The summed E-state index contributed by atoms with van der Waals surface area (Å²) in [5.41, 5.74) is 2.17. The van der Waals surface area contributed by atoms with Gasteiger partial charge in [0.05, 0.1) is 12.2 Å². The van der Waals surface area contributed by atoms with Crippen LogP contribution in [-0.4, -0.2) is 25.8 Å². The zero-order valence-electron chi connectivity index (χ0n) is 14.0. The second kappa shape index (κ2) is 7.44. The van der Waals surface area contributed by atoms with E-state index in [1.165, 1.54) is 5.56 Å². The average molecular weight is 335 g/mol. The van der Waals surface area contributed by atoms with Crippen LogP contribution in [0.3, 0.4) is 0 Å². The zero-order chi connectivity index (χ0) is 16.9. The Morgan fingerprint density at radius 2 is 2.04 bits per heavy atom. The third kappa shape index (κ3) is 4.03. The maximum absolute atomic E-state index is 5.77. The smallest absolute Gasteiger partial charge is 0.138 e. The van der Waals surface area contributed by atoms with Gasteiger partial charge in [0.2, 0.25) is 0 Å². The van der Waals surface area contributed by atoms with Gasteiger partial charge in [0.15, 0.2) is 0 Å². The van der Waals surface area contributed by atoms with Crippen LogP contribution in [0, 0.1) is 0 Å². The quantitative estimate of drug-likeness (QED) is 0.749. The van der Waals surface area contributed by atoms with Crippen molar-refractivity contribution >= 4 is 0 Å². The Kier molecular flexibility index (Phi) is 4.70.